The van der Waals surface area contributed by atoms with Gasteiger partial charge < -0.3 is 20.3 Å². The van der Waals surface area contributed by atoms with Crippen LogP contribution in [0.4, 0.5) is 5.69 Å². The lowest BCUT2D eigenvalue weighted by molar-refractivity contribution is 0.0266. The summed E-state index contributed by atoms with van der Waals surface area (Å²) in [6, 6.07) is 11.2. The number of nitrogens with one attached hydrogen (secondary N) is 2. The fourth-order valence-corrected chi connectivity index (χ4v) is 3.56. The van der Waals surface area contributed by atoms with Crippen molar-refractivity contribution in [1.82, 2.24) is 10.6 Å². The van der Waals surface area contributed by atoms with Gasteiger partial charge in [-0.15, -0.1) is 0 Å². The molecule has 1 saturated heterocycles. The molecule has 152 valence electrons. The van der Waals surface area contributed by atoms with E-state index < -0.39 is 0 Å². The van der Waals surface area contributed by atoms with E-state index in [0.29, 0.717) is 12.0 Å². The van der Waals surface area contributed by atoms with Gasteiger partial charge in [0.15, 0.2) is 5.96 Å². The van der Waals surface area contributed by atoms with Gasteiger partial charge in [0, 0.05) is 44.5 Å². The highest BCUT2D eigenvalue weighted by atomic mass is 16.5. The number of rotatable bonds is 9. The summed E-state index contributed by atoms with van der Waals surface area (Å²) < 4.78 is 5.83. The van der Waals surface area contributed by atoms with E-state index in [9.17, 15) is 0 Å². The van der Waals surface area contributed by atoms with Gasteiger partial charge in [-0.25, -0.2) is 0 Å². The molecule has 2 rings (SSSR count). The van der Waals surface area contributed by atoms with Crippen LogP contribution in [0.1, 0.15) is 47.0 Å². The standard InChI is InChI=1S/C22H38N4O/c1-5-23-22(24-15-12-21(18(3)4)27-6-2)25-19-13-16-26(17-14-19)20-10-8-7-9-11-20/h7-11,18-19,21H,5-6,12-17H2,1-4H3,(H2,23,24,25). The van der Waals surface area contributed by atoms with Crippen LogP contribution in [0.15, 0.2) is 35.3 Å². The topological polar surface area (TPSA) is 48.9 Å². The fraction of sp³-hybridized carbons (Fsp3) is 0.682. The second-order valence-corrected chi connectivity index (χ2v) is 7.53. The van der Waals surface area contributed by atoms with Crippen LogP contribution in [0.3, 0.4) is 0 Å². The van der Waals surface area contributed by atoms with E-state index >= 15 is 0 Å². The molecule has 0 aliphatic carbocycles. The molecule has 0 saturated carbocycles. The zero-order valence-electron chi connectivity index (χ0n) is 17.6. The third kappa shape index (κ3) is 7.41. The zero-order chi connectivity index (χ0) is 19.5. The van der Waals surface area contributed by atoms with E-state index in [1.54, 1.807) is 0 Å². The highest BCUT2D eigenvalue weighted by Crippen LogP contribution is 2.19. The number of ether oxygens (including phenoxy) is 1. The summed E-state index contributed by atoms with van der Waals surface area (Å²) in [5, 5.41) is 7.03. The first-order chi connectivity index (χ1) is 13.1. The first kappa shape index (κ1) is 21.5. The molecule has 2 N–H and O–H groups in total. The molecule has 1 aliphatic heterocycles. The number of para-hydroxylation sites is 1. The van der Waals surface area contributed by atoms with E-state index in [4.69, 9.17) is 9.73 Å². The first-order valence-electron chi connectivity index (χ1n) is 10.6. The van der Waals surface area contributed by atoms with Crippen LogP contribution in [0.25, 0.3) is 0 Å². The summed E-state index contributed by atoms with van der Waals surface area (Å²) in [6.07, 6.45) is 3.52. The summed E-state index contributed by atoms with van der Waals surface area (Å²) in [5.41, 5.74) is 1.33. The number of aliphatic imine (C=N–C) groups is 1. The smallest absolute Gasteiger partial charge is 0.191 e. The third-order valence-corrected chi connectivity index (χ3v) is 5.11. The minimum Gasteiger partial charge on any atom is -0.378 e. The van der Waals surface area contributed by atoms with Gasteiger partial charge in [0.1, 0.15) is 0 Å². The lowest BCUT2D eigenvalue weighted by Gasteiger charge is -2.34. The molecular formula is C22H38N4O. The molecule has 5 nitrogen and oxygen atoms in total. The average molecular weight is 375 g/mol. The Hall–Kier alpha value is -1.75. The van der Waals surface area contributed by atoms with Crippen molar-refractivity contribution in [2.45, 2.75) is 59.1 Å². The molecule has 5 heteroatoms. The van der Waals surface area contributed by atoms with Crippen molar-refractivity contribution in [3.8, 4) is 0 Å². The van der Waals surface area contributed by atoms with E-state index in [1.165, 1.54) is 5.69 Å². The van der Waals surface area contributed by atoms with Crippen molar-refractivity contribution in [3.05, 3.63) is 30.3 Å². The summed E-state index contributed by atoms with van der Waals surface area (Å²) in [4.78, 5) is 7.26. The molecule has 0 aromatic heterocycles. The Labute approximate surface area is 165 Å². The number of hydrogen-bond donors (Lipinski definition) is 2. The third-order valence-electron chi connectivity index (χ3n) is 5.11. The van der Waals surface area contributed by atoms with Gasteiger partial charge in [0.2, 0.25) is 0 Å². The lowest BCUT2D eigenvalue weighted by atomic mass is 10.0. The minimum atomic E-state index is 0.288. The average Bonchev–Trinajstić information content (AvgIpc) is 2.68. The van der Waals surface area contributed by atoms with Crippen molar-refractivity contribution in [3.63, 3.8) is 0 Å². The quantitative estimate of drug-likeness (QED) is 0.512. The highest BCUT2D eigenvalue weighted by molar-refractivity contribution is 5.80. The normalized spacial score (nSPS) is 17.2. The second-order valence-electron chi connectivity index (χ2n) is 7.53. The SMILES string of the molecule is CCNC(=NCCC(OCC)C(C)C)NC1CCN(c2ccccc2)CC1. The monoisotopic (exact) mass is 374 g/mol. The van der Waals surface area contributed by atoms with Crippen molar-refractivity contribution in [2.24, 2.45) is 10.9 Å². The maximum Gasteiger partial charge on any atom is 0.191 e. The predicted molar refractivity (Wildman–Crippen MR) is 116 cm³/mol. The Morgan fingerprint density at radius 2 is 1.89 bits per heavy atom. The van der Waals surface area contributed by atoms with Crippen molar-refractivity contribution >= 4 is 11.6 Å². The second kappa shape index (κ2) is 11.9. The minimum absolute atomic E-state index is 0.288. The molecule has 1 aliphatic rings. The van der Waals surface area contributed by atoms with Crippen LogP contribution in [0, 0.1) is 5.92 Å². The van der Waals surface area contributed by atoms with Gasteiger partial charge in [-0.1, -0.05) is 32.0 Å². The van der Waals surface area contributed by atoms with Crippen LogP contribution < -0.4 is 15.5 Å². The van der Waals surface area contributed by atoms with E-state index in [-0.39, 0.29) is 6.10 Å². The molecule has 1 unspecified atom stereocenters. The highest BCUT2D eigenvalue weighted by Gasteiger charge is 2.20. The van der Waals surface area contributed by atoms with E-state index in [2.05, 4.69) is 73.6 Å². The van der Waals surface area contributed by atoms with Crippen molar-refractivity contribution in [2.75, 3.05) is 37.7 Å². The zero-order valence-corrected chi connectivity index (χ0v) is 17.6. The van der Waals surface area contributed by atoms with Crippen LogP contribution in [-0.4, -0.2) is 50.9 Å². The van der Waals surface area contributed by atoms with Crippen LogP contribution in [-0.2, 0) is 4.74 Å². The molecule has 1 fully saturated rings. The Morgan fingerprint density at radius 1 is 1.19 bits per heavy atom. The van der Waals surface area contributed by atoms with Crippen molar-refractivity contribution < 1.29 is 4.74 Å². The van der Waals surface area contributed by atoms with Gasteiger partial charge in [0.25, 0.3) is 0 Å². The molecule has 0 radical (unpaired) electrons. The van der Waals surface area contributed by atoms with Gasteiger partial charge in [-0.2, -0.15) is 0 Å². The van der Waals surface area contributed by atoms with Gasteiger partial charge in [-0.05, 0) is 51.2 Å². The van der Waals surface area contributed by atoms with Crippen molar-refractivity contribution in [1.29, 1.82) is 0 Å². The van der Waals surface area contributed by atoms with Crippen LogP contribution in [0.5, 0.6) is 0 Å². The van der Waals surface area contributed by atoms with Gasteiger partial charge in [-0.3, -0.25) is 4.99 Å². The Morgan fingerprint density at radius 3 is 2.48 bits per heavy atom. The summed E-state index contributed by atoms with van der Waals surface area (Å²) in [6.45, 7) is 13.2. The lowest BCUT2D eigenvalue weighted by Crippen LogP contribution is -2.48. The number of guanidine groups is 1. The fourth-order valence-electron chi connectivity index (χ4n) is 3.56. The Bertz CT molecular complexity index is 539. The van der Waals surface area contributed by atoms with E-state index in [1.807, 2.05) is 0 Å². The summed E-state index contributed by atoms with van der Waals surface area (Å²) in [7, 11) is 0. The molecule has 1 atom stereocenters. The van der Waals surface area contributed by atoms with Gasteiger partial charge >= 0.3 is 0 Å². The Kier molecular flexibility index (Phi) is 9.46. The molecule has 1 aromatic carbocycles. The molecule has 27 heavy (non-hydrogen) atoms. The molecule has 1 aromatic rings. The number of piperidine rings is 1. The van der Waals surface area contributed by atoms with Crippen LogP contribution in [0.2, 0.25) is 0 Å². The number of hydrogen-bond acceptors (Lipinski definition) is 3. The molecular weight excluding hydrogens is 336 g/mol. The van der Waals surface area contributed by atoms with Crippen LogP contribution >= 0.6 is 0 Å². The largest absolute Gasteiger partial charge is 0.378 e. The molecule has 0 spiro atoms. The number of nitrogens with zero attached hydrogens (tertiary/aromatic N) is 2. The van der Waals surface area contributed by atoms with E-state index in [0.717, 1.165) is 58.0 Å². The maximum absolute atomic E-state index is 5.83. The van der Waals surface area contributed by atoms with Gasteiger partial charge in [0.05, 0.1) is 6.10 Å². The summed E-state index contributed by atoms with van der Waals surface area (Å²) in [5.74, 6) is 1.47. The number of anilines is 1. The predicted octanol–water partition coefficient (Wildman–Crippen LogP) is 3.66. The first-order valence-corrected chi connectivity index (χ1v) is 10.6. The molecule has 0 amide bonds. The Balaban J connectivity index is 1.81. The number of benzene rings is 1. The maximum atomic E-state index is 5.83. The molecule has 0 bridgehead atoms. The summed E-state index contributed by atoms with van der Waals surface area (Å²) >= 11 is 0. The molecule has 1 heterocycles.